The zero-order valence-corrected chi connectivity index (χ0v) is 12.9. The molecule has 0 amide bonds. The Labute approximate surface area is 124 Å². The predicted octanol–water partition coefficient (Wildman–Crippen LogP) is 3.55. The van der Waals surface area contributed by atoms with E-state index in [4.69, 9.17) is 0 Å². The third-order valence-corrected chi connectivity index (χ3v) is 4.74. The Morgan fingerprint density at radius 3 is 3.05 bits per heavy atom. The van der Waals surface area contributed by atoms with Gasteiger partial charge < -0.3 is 4.90 Å². The van der Waals surface area contributed by atoms with Crippen molar-refractivity contribution in [2.24, 2.45) is 0 Å². The summed E-state index contributed by atoms with van der Waals surface area (Å²) in [6.45, 7) is 2.22. The van der Waals surface area contributed by atoms with E-state index in [1.807, 2.05) is 11.7 Å². The number of aromatic nitrogens is 1. The van der Waals surface area contributed by atoms with Crippen molar-refractivity contribution >= 4 is 17.0 Å². The average Bonchev–Trinajstić information content (AvgIpc) is 3.11. The van der Waals surface area contributed by atoms with Crippen molar-refractivity contribution in [2.75, 3.05) is 25.5 Å². The lowest BCUT2D eigenvalue weighted by Crippen LogP contribution is -2.22. The third kappa shape index (κ3) is 2.86. The fourth-order valence-corrected chi connectivity index (χ4v) is 3.54. The topological polar surface area (TPSA) is 19.4 Å². The highest BCUT2D eigenvalue weighted by atomic mass is 32.1. The Kier molecular flexibility index (Phi) is 4.03. The van der Waals surface area contributed by atoms with E-state index in [2.05, 4.69) is 53.1 Å². The van der Waals surface area contributed by atoms with Crippen LogP contribution in [0.4, 0.5) is 5.69 Å². The molecule has 2 aromatic rings. The van der Waals surface area contributed by atoms with Crippen molar-refractivity contribution in [3.8, 4) is 0 Å². The summed E-state index contributed by atoms with van der Waals surface area (Å²) in [6, 6.07) is 9.50. The maximum Gasteiger partial charge on any atom is 0.0794 e. The summed E-state index contributed by atoms with van der Waals surface area (Å²) >= 11 is 1.75. The Morgan fingerprint density at radius 1 is 1.40 bits per heavy atom. The highest BCUT2D eigenvalue weighted by molar-refractivity contribution is 7.09. The predicted molar refractivity (Wildman–Crippen MR) is 85.3 cm³/mol. The minimum atomic E-state index is 0.553. The molecule has 0 bridgehead atoms. The van der Waals surface area contributed by atoms with Crippen LogP contribution in [0.1, 0.15) is 29.3 Å². The SMILES string of the molecule is CN(C)c1cccc(C2CCCN2Cc2cncs2)c1. The maximum absolute atomic E-state index is 4.18. The van der Waals surface area contributed by atoms with Gasteiger partial charge in [0.25, 0.3) is 0 Å². The minimum Gasteiger partial charge on any atom is -0.378 e. The number of hydrogen-bond acceptors (Lipinski definition) is 4. The molecule has 0 N–H and O–H groups in total. The van der Waals surface area contributed by atoms with Crippen LogP contribution in [-0.2, 0) is 6.54 Å². The van der Waals surface area contributed by atoms with Gasteiger partial charge in [-0.1, -0.05) is 12.1 Å². The lowest BCUT2D eigenvalue weighted by molar-refractivity contribution is 0.250. The van der Waals surface area contributed by atoms with Crippen LogP contribution >= 0.6 is 11.3 Å². The van der Waals surface area contributed by atoms with Crippen LogP contribution < -0.4 is 4.90 Å². The quantitative estimate of drug-likeness (QED) is 0.857. The van der Waals surface area contributed by atoms with Crippen LogP contribution in [0.2, 0.25) is 0 Å². The molecule has 0 radical (unpaired) electrons. The van der Waals surface area contributed by atoms with Crippen LogP contribution in [0, 0.1) is 0 Å². The number of rotatable bonds is 4. The van der Waals surface area contributed by atoms with E-state index in [-0.39, 0.29) is 0 Å². The number of likely N-dealkylation sites (tertiary alicyclic amines) is 1. The summed E-state index contributed by atoms with van der Waals surface area (Å²) in [5.41, 5.74) is 4.65. The normalized spacial score (nSPS) is 19.4. The Balaban J connectivity index is 1.79. The first-order chi connectivity index (χ1) is 9.74. The van der Waals surface area contributed by atoms with Crippen LogP contribution in [-0.4, -0.2) is 30.5 Å². The largest absolute Gasteiger partial charge is 0.378 e. The van der Waals surface area contributed by atoms with Crippen molar-refractivity contribution in [1.82, 2.24) is 9.88 Å². The first-order valence-corrected chi connectivity index (χ1v) is 8.01. The lowest BCUT2D eigenvalue weighted by Gasteiger charge is -2.25. The van der Waals surface area contributed by atoms with Gasteiger partial charge in [-0.05, 0) is 37.1 Å². The zero-order valence-electron chi connectivity index (χ0n) is 12.1. The molecule has 0 spiro atoms. The summed E-state index contributed by atoms with van der Waals surface area (Å²) in [7, 11) is 4.20. The molecule has 1 aromatic carbocycles. The van der Waals surface area contributed by atoms with E-state index in [1.54, 1.807) is 11.3 Å². The molecule has 20 heavy (non-hydrogen) atoms. The summed E-state index contributed by atoms with van der Waals surface area (Å²) in [5.74, 6) is 0. The molecule has 2 heterocycles. The number of benzene rings is 1. The lowest BCUT2D eigenvalue weighted by atomic mass is 10.0. The molecule has 1 aromatic heterocycles. The first-order valence-electron chi connectivity index (χ1n) is 7.13. The van der Waals surface area contributed by atoms with Gasteiger partial charge in [-0.2, -0.15) is 0 Å². The van der Waals surface area contributed by atoms with Crippen molar-refractivity contribution in [3.63, 3.8) is 0 Å². The molecule has 106 valence electrons. The third-order valence-electron chi connectivity index (χ3n) is 3.98. The highest BCUT2D eigenvalue weighted by Crippen LogP contribution is 2.34. The Hall–Kier alpha value is -1.39. The number of thiazole rings is 1. The van der Waals surface area contributed by atoms with Crippen molar-refractivity contribution in [1.29, 1.82) is 0 Å². The second kappa shape index (κ2) is 5.94. The summed E-state index contributed by atoms with van der Waals surface area (Å²) < 4.78 is 0. The molecular formula is C16H21N3S. The van der Waals surface area contributed by atoms with E-state index in [1.165, 1.54) is 35.5 Å². The Morgan fingerprint density at radius 2 is 2.30 bits per heavy atom. The van der Waals surface area contributed by atoms with Crippen LogP contribution in [0.5, 0.6) is 0 Å². The summed E-state index contributed by atoms with van der Waals surface area (Å²) in [4.78, 5) is 10.3. The van der Waals surface area contributed by atoms with Gasteiger partial charge in [-0.15, -0.1) is 11.3 Å². The molecule has 0 aliphatic carbocycles. The second-order valence-electron chi connectivity index (χ2n) is 5.59. The van der Waals surface area contributed by atoms with Crippen LogP contribution in [0.15, 0.2) is 36.0 Å². The molecule has 3 rings (SSSR count). The van der Waals surface area contributed by atoms with E-state index >= 15 is 0 Å². The monoisotopic (exact) mass is 287 g/mol. The average molecular weight is 287 g/mol. The molecule has 1 saturated heterocycles. The van der Waals surface area contributed by atoms with Gasteiger partial charge in [-0.3, -0.25) is 9.88 Å². The molecule has 4 heteroatoms. The van der Waals surface area contributed by atoms with Crippen LogP contribution in [0.3, 0.4) is 0 Å². The molecular weight excluding hydrogens is 266 g/mol. The van der Waals surface area contributed by atoms with Gasteiger partial charge in [0.15, 0.2) is 0 Å². The molecule has 1 unspecified atom stereocenters. The highest BCUT2D eigenvalue weighted by Gasteiger charge is 2.26. The van der Waals surface area contributed by atoms with E-state index in [0.717, 1.165) is 6.54 Å². The molecule has 1 atom stereocenters. The number of anilines is 1. The molecule has 1 fully saturated rings. The number of hydrogen-bond donors (Lipinski definition) is 0. The van der Waals surface area contributed by atoms with Gasteiger partial charge in [-0.25, -0.2) is 0 Å². The van der Waals surface area contributed by atoms with Gasteiger partial charge in [0.05, 0.1) is 5.51 Å². The Bertz CT molecular complexity index is 551. The van der Waals surface area contributed by atoms with Crippen molar-refractivity contribution < 1.29 is 0 Å². The summed E-state index contributed by atoms with van der Waals surface area (Å²) in [6.07, 6.45) is 4.54. The van der Waals surface area contributed by atoms with E-state index in [9.17, 15) is 0 Å². The van der Waals surface area contributed by atoms with E-state index < -0.39 is 0 Å². The molecule has 0 saturated carbocycles. The van der Waals surface area contributed by atoms with Gasteiger partial charge in [0, 0.05) is 43.4 Å². The minimum absolute atomic E-state index is 0.553. The molecule has 1 aliphatic rings. The van der Waals surface area contributed by atoms with Crippen molar-refractivity contribution in [3.05, 3.63) is 46.4 Å². The fourth-order valence-electron chi connectivity index (χ4n) is 2.92. The van der Waals surface area contributed by atoms with Crippen molar-refractivity contribution in [2.45, 2.75) is 25.4 Å². The zero-order chi connectivity index (χ0) is 13.9. The van der Waals surface area contributed by atoms with Gasteiger partial charge in [0.1, 0.15) is 0 Å². The fraction of sp³-hybridized carbons (Fsp3) is 0.438. The van der Waals surface area contributed by atoms with Gasteiger partial charge >= 0.3 is 0 Å². The number of nitrogens with zero attached hydrogens (tertiary/aromatic N) is 3. The molecule has 1 aliphatic heterocycles. The summed E-state index contributed by atoms with van der Waals surface area (Å²) in [5, 5.41) is 0. The first kappa shape index (κ1) is 13.6. The van der Waals surface area contributed by atoms with Gasteiger partial charge in [0.2, 0.25) is 0 Å². The standard InChI is InChI=1S/C16H21N3S/c1-18(2)14-6-3-5-13(9-14)16-7-4-8-19(16)11-15-10-17-12-20-15/h3,5-6,9-10,12,16H,4,7-8,11H2,1-2H3. The van der Waals surface area contributed by atoms with Crippen LogP contribution in [0.25, 0.3) is 0 Å². The molecule has 3 nitrogen and oxygen atoms in total. The smallest absolute Gasteiger partial charge is 0.0794 e. The van der Waals surface area contributed by atoms with E-state index in [0.29, 0.717) is 6.04 Å². The maximum atomic E-state index is 4.18. The second-order valence-corrected chi connectivity index (χ2v) is 6.56.